The van der Waals surface area contributed by atoms with Crippen molar-refractivity contribution in [3.05, 3.63) is 84.2 Å². The third-order valence-corrected chi connectivity index (χ3v) is 4.78. The van der Waals surface area contributed by atoms with E-state index < -0.39 is 0 Å². The van der Waals surface area contributed by atoms with Crippen LogP contribution in [0.25, 0.3) is 44.2 Å². The third-order valence-electron chi connectivity index (χ3n) is 4.78. The second-order valence-corrected chi connectivity index (χ2v) is 6.51. The van der Waals surface area contributed by atoms with E-state index in [1.54, 1.807) is 12.1 Å². The molecule has 0 unspecified atom stereocenters. The first-order chi connectivity index (χ1) is 12.7. The molecule has 3 aromatic rings. The van der Waals surface area contributed by atoms with Gasteiger partial charge in [0.2, 0.25) is 0 Å². The van der Waals surface area contributed by atoms with Crippen molar-refractivity contribution in [2.24, 2.45) is 0 Å². The van der Waals surface area contributed by atoms with Gasteiger partial charge >= 0.3 is 0 Å². The van der Waals surface area contributed by atoms with Crippen LogP contribution in [-0.4, -0.2) is 0 Å². The second-order valence-electron chi connectivity index (χ2n) is 6.51. The van der Waals surface area contributed by atoms with E-state index in [9.17, 15) is 0 Å². The standard InChI is InChI=1S/C23H16N2O/c24-17-7-9-19-21(12-17)26-22-13-18(25)8-10-20(22)23(19)16-6-5-14-3-1-2-4-15(14)11-16/h1-13,24H,25H2. The average Bonchev–Trinajstić information content (AvgIpc) is 2.65. The molecular formula is C23H16N2O. The van der Waals surface area contributed by atoms with Gasteiger partial charge in [-0.3, -0.25) is 0 Å². The molecule has 1 aliphatic heterocycles. The molecule has 3 heteroatoms. The zero-order chi connectivity index (χ0) is 17.7. The molecule has 3 nitrogen and oxygen atoms in total. The Kier molecular flexibility index (Phi) is 3.09. The van der Waals surface area contributed by atoms with Crippen LogP contribution >= 0.6 is 0 Å². The Bertz CT molecular complexity index is 1320. The summed E-state index contributed by atoms with van der Waals surface area (Å²) in [5.74, 6) is 0.693. The average molecular weight is 336 g/mol. The van der Waals surface area contributed by atoms with Crippen molar-refractivity contribution in [1.82, 2.24) is 0 Å². The fourth-order valence-electron chi connectivity index (χ4n) is 3.56. The second kappa shape index (κ2) is 5.46. The van der Waals surface area contributed by atoms with Crippen molar-refractivity contribution in [3.63, 3.8) is 0 Å². The molecule has 0 radical (unpaired) electrons. The Balaban J connectivity index is 1.93. The highest BCUT2D eigenvalue weighted by atomic mass is 16.3. The van der Waals surface area contributed by atoms with Crippen LogP contribution in [-0.2, 0) is 0 Å². The number of nitrogen functional groups attached to an aromatic ring is 1. The molecule has 0 bridgehead atoms. The van der Waals surface area contributed by atoms with Gasteiger partial charge in [0.15, 0.2) is 0 Å². The first-order valence-corrected chi connectivity index (χ1v) is 8.49. The molecule has 0 fully saturated rings. The van der Waals surface area contributed by atoms with E-state index in [0.29, 0.717) is 16.8 Å². The molecule has 0 atom stereocenters. The van der Waals surface area contributed by atoms with Crippen molar-refractivity contribution in [1.29, 1.82) is 5.41 Å². The van der Waals surface area contributed by atoms with Crippen LogP contribution in [0, 0.1) is 5.41 Å². The predicted octanol–water partition coefficient (Wildman–Crippen LogP) is 5.42. The summed E-state index contributed by atoms with van der Waals surface area (Å²) in [6, 6.07) is 26.1. The van der Waals surface area contributed by atoms with Gasteiger partial charge in [0.05, 0.1) is 5.36 Å². The Morgan fingerprint density at radius 3 is 2.50 bits per heavy atom. The number of anilines is 1. The molecule has 0 saturated heterocycles. The van der Waals surface area contributed by atoms with E-state index in [-0.39, 0.29) is 0 Å². The molecule has 0 spiro atoms. The van der Waals surface area contributed by atoms with Crippen molar-refractivity contribution >= 4 is 27.4 Å². The van der Waals surface area contributed by atoms with Gasteiger partial charge in [-0.25, -0.2) is 0 Å². The van der Waals surface area contributed by atoms with Gasteiger partial charge in [-0.05, 0) is 46.7 Å². The van der Waals surface area contributed by atoms with Crippen LogP contribution in [0.3, 0.4) is 0 Å². The summed E-state index contributed by atoms with van der Waals surface area (Å²) in [5, 5.41) is 11.8. The summed E-state index contributed by atoms with van der Waals surface area (Å²) < 4.78 is 6.06. The largest absolute Gasteiger partial charge is 0.456 e. The quantitative estimate of drug-likeness (QED) is 0.317. The summed E-state index contributed by atoms with van der Waals surface area (Å²) in [4.78, 5) is 0. The van der Waals surface area contributed by atoms with Crippen LogP contribution < -0.4 is 11.1 Å². The molecule has 3 aromatic carbocycles. The SMILES string of the molecule is N=c1ccc2c(-c3ccc4ccccc4c3)c3ccc(N)cc3oc-2c1. The van der Waals surface area contributed by atoms with Gasteiger partial charge in [-0.15, -0.1) is 0 Å². The van der Waals surface area contributed by atoms with Crippen molar-refractivity contribution in [3.8, 4) is 22.5 Å². The van der Waals surface area contributed by atoms with Gasteiger partial charge < -0.3 is 15.6 Å². The smallest absolute Gasteiger partial charge is 0.137 e. The van der Waals surface area contributed by atoms with E-state index in [4.69, 9.17) is 15.6 Å². The fraction of sp³-hybridized carbons (Fsp3) is 0. The van der Waals surface area contributed by atoms with Crippen molar-refractivity contribution in [2.75, 3.05) is 5.73 Å². The minimum Gasteiger partial charge on any atom is -0.456 e. The first kappa shape index (κ1) is 14.7. The molecule has 5 rings (SSSR count). The zero-order valence-corrected chi connectivity index (χ0v) is 14.0. The lowest BCUT2D eigenvalue weighted by Gasteiger charge is -2.16. The molecule has 2 aliphatic rings. The maximum absolute atomic E-state index is 7.93. The van der Waals surface area contributed by atoms with Crippen molar-refractivity contribution in [2.45, 2.75) is 0 Å². The first-order valence-electron chi connectivity index (χ1n) is 8.49. The Labute approximate surface area is 150 Å². The van der Waals surface area contributed by atoms with Crippen LogP contribution in [0.4, 0.5) is 5.69 Å². The Morgan fingerprint density at radius 1 is 0.769 bits per heavy atom. The number of hydrogen-bond acceptors (Lipinski definition) is 3. The highest BCUT2D eigenvalue weighted by Gasteiger charge is 2.17. The molecule has 3 N–H and O–H groups in total. The molecule has 1 aliphatic carbocycles. The molecule has 26 heavy (non-hydrogen) atoms. The minimum atomic E-state index is 0.425. The van der Waals surface area contributed by atoms with Crippen LogP contribution in [0.1, 0.15) is 0 Å². The van der Waals surface area contributed by atoms with Gasteiger partial charge in [0.1, 0.15) is 11.3 Å². The maximum Gasteiger partial charge on any atom is 0.137 e. The predicted molar refractivity (Wildman–Crippen MR) is 106 cm³/mol. The number of rotatable bonds is 1. The number of hydrogen-bond donors (Lipinski definition) is 2. The summed E-state index contributed by atoms with van der Waals surface area (Å²) in [7, 11) is 0. The van der Waals surface area contributed by atoms with Crippen LogP contribution in [0.5, 0.6) is 0 Å². The van der Waals surface area contributed by atoms with Gasteiger partial charge in [0.25, 0.3) is 0 Å². The maximum atomic E-state index is 7.93. The highest BCUT2D eigenvalue weighted by molar-refractivity contribution is 6.04. The monoisotopic (exact) mass is 336 g/mol. The Hall–Kier alpha value is -3.59. The van der Waals surface area contributed by atoms with Gasteiger partial charge in [0, 0.05) is 34.3 Å². The number of nitrogens with two attached hydrogens (primary N) is 1. The number of fused-ring (bicyclic) bond motifs is 3. The lowest BCUT2D eigenvalue weighted by Crippen LogP contribution is -2.00. The summed E-state index contributed by atoms with van der Waals surface area (Å²) >= 11 is 0. The third kappa shape index (κ3) is 2.25. The highest BCUT2D eigenvalue weighted by Crippen LogP contribution is 2.40. The zero-order valence-electron chi connectivity index (χ0n) is 14.0. The van der Waals surface area contributed by atoms with Crippen LogP contribution in [0.15, 0.2) is 83.3 Å². The topological polar surface area (TPSA) is 63.0 Å². The summed E-state index contributed by atoms with van der Waals surface area (Å²) in [5.41, 5.74) is 10.6. The molecular weight excluding hydrogens is 320 g/mol. The van der Waals surface area contributed by atoms with E-state index in [1.165, 1.54) is 10.8 Å². The number of nitrogens with one attached hydrogen (secondary N) is 1. The fourth-order valence-corrected chi connectivity index (χ4v) is 3.56. The molecule has 124 valence electrons. The van der Waals surface area contributed by atoms with E-state index >= 15 is 0 Å². The van der Waals surface area contributed by atoms with Crippen molar-refractivity contribution < 1.29 is 4.42 Å². The van der Waals surface area contributed by atoms with Crippen LogP contribution in [0.2, 0.25) is 0 Å². The van der Waals surface area contributed by atoms with E-state index in [1.807, 2.05) is 30.3 Å². The lowest BCUT2D eigenvalue weighted by atomic mass is 9.92. The van der Waals surface area contributed by atoms with Gasteiger partial charge in [-0.2, -0.15) is 0 Å². The molecule has 0 amide bonds. The minimum absolute atomic E-state index is 0.425. The number of benzene rings is 4. The van der Waals surface area contributed by atoms with Gasteiger partial charge in [-0.1, -0.05) is 36.4 Å². The van der Waals surface area contributed by atoms with E-state index in [2.05, 4.69) is 36.4 Å². The van der Waals surface area contributed by atoms with E-state index in [0.717, 1.165) is 27.7 Å². The summed E-state index contributed by atoms with van der Waals surface area (Å²) in [6.07, 6.45) is 0. The summed E-state index contributed by atoms with van der Waals surface area (Å²) in [6.45, 7) is 0. The Morgan fingerprint density at radius 2 is 1.62 bits per heavy atom. The molecule has 0 aromatic heterocycles. The lowest BCUT2D eigenvalue weighted by molar-refractivity contribution is 0.619. The molecule has 0 saturated carbocycles. The molecule has 1 heterocycles. The normalized spacial score (nSPS) is 11.4.